The van der Waals surface area contributed by atoms with Crippen LogP contribution in [-0.2, 0) is 4.79 Å². The van der Waals surface area contributed by atoms with Crippen LogP contribution in [0.5, 0.6) is 11.6 Å². The van der Waals surface area contributed by atoms with Crippen LogP contribution in [0.2, 0.25) is 0 Å². The minimum absolute atomic E-state index is 0.102. The van der Waals surface area contributed by atoms with E-state index < -0.39 is 30.4 Å². The number of alkyl halides is 3. The van der Waals surface area contributed by atoms with E-state index in [1.54, 1.807) is 4.90 Å². The number of nitrogens with zero attached hydrogens (tertiary/aromatic N) is 3. The molecule has 0 bridgehead atoms. The topological polar surface area (TPSA) is 117 Å². The summed E-state index contributed by atoms with van der Waals surface area (Å²) in [5, 5.41) is 13.2. The van der Waals surface area contributed by atoms with Crippen molar-refractivity contribution in [2.24, 2.45) is 0 Å². The van der Waals surface area contributed by atoms with Crippen molar-refractivity contribution in [1.29, 1.82) is 0 Å². The fourth-order valence-corrected chi connectivity index (χ4v) is 2.98. The maximum atomic E-state index is 14.4. The van der Waals surface area contributed by atoms with Crippen molar-refractivity contribution >= 4 is 23.5 Å². The summed E-state index contributed by atoms with van der Waals surface area (Å²) in [7, 11) is 0. The second-order valence-electron chi connectivity index (χ2n) is 6.95. The number of likely N-dealkylation sites (tertiary alicyclic amines) is 1. The number of carbonyl (C=O) groups is 2. The van der Waals surface area contributed by atoms with Gasteiger partial charge in [-0.1, -0.05) is 0 Å². The molecule has 1 atom stereocenters. The summed E-state index contributed by atoms with van der Waals surface area (Å²) in [5.41, 5.74) is -0.278. The number of anilines is 2. The number of ether oxygens (including phenoxy) is 1. The monoisotopic (exact) mass is 457 g/mol. The number of hydrogen-bond acceptors (Lipinski definition) is 6. The number of rotatable bonds is 7. The molecule has 172 valence electrons. The number of benzene rings is 1. The van der Waals surface area contributed by atoms with Gasteiger partial charge in [-0.05, 0) is 25.0 Å². The van der Waals surface area contributed by atoms with Crippen LogP contribution in [0.3, 0.4) is 0 Å². The third kappa shape index (κ3) is 6.18. The van der Waals surface area contributed by atoms with Crippen LogP contribution in [0.1, 0.15) is 19.3 Å². The molecule has 0 aliphatic carbocycles. The number of nitrogens with one attached hydrogen (secondary N) is 2. The molecule has 3 rings (SSSR count). The van der Waals surface area contributed by atoms with E-state index >= 15 is 0 Å². The van der Waals surface area contributed by atoms with Gasteiger partial charge in [-0.3, -0.25) is 10.1 Å². The molecule has 1 aliphatic rings. The molecule has 0 radical (unpaired) electrons. The summed E-state index contributed by atoms with van der Waals surface area (Å²) >= 11 is 0. The number of halogens is 4. The maximum Gasteiger partial charge on any atom is 0.409 e. The smallest absolute Gasteiger partial charge is 0.409 e. The second kappa shape index (κ2) is 9.66. The highest BCUT2D eigenvalue weighted by atomic mass is 19.4. The van der Waals surface area contributed by atoms with E-state index in [0.29, 0.717) is 13.1 Å². The van der Waals surface area contributed by atoms with Gasteiger partial charge in [0, 0.05) is 30.9 Å². The van der Waals surface area contributed by atoms with Gasteiger partial charge in [0.1, 0.15) is 18.2 Å². The quantitative estimate of drug-likeness (QED) is 0.541. The Morgan fingerprint density at radius 1 is 1.19 bits per heavy atom. The van der Waals surface area contributed by atoms with Crippen molar-refractivity contribution in [1.82, 2.24) is 14.9 Å². The third-order valence-corrected chi connectivity index (χ3v) is 4.53. The number of urea groups is 1. The molecule has 9 nitrogen and oxygen atoms in total. The van der Waals surface area contributed by atoms with Crippen molar-refractivity contribution < 1.29 is 37.0 Å². The Hall–Kier alpha value is -3.64. The highest BCUT2D eigenvalue weighted by Crippen LogP contribution is 2.30. The Morgan fingerprint density at radius 3 is 2.53 bits per heavy atom. The lowest BCUT2D eigenvalue weighted by Gasteiger charge is -2.21. The molecular formula is C19H19F4N5O4. The van der Waals surface area contributed by atoms with Gasteiger partial charge in [-0.25, -0.2) is 19.2 Å². The number of carboxylic acids is 1. The summed E-state index contributed by atoms with van der Waals surface area (Å²) in [6.45, 7) is 1.26. The van der Waals surface area contributed by atoms with Crippen LogP contribution in [0.15, 0.2) is 30.6 Å². The normalized spacial score (nSPS) is 14.7. The van der Waals surface area contributed by atoms with Gasteiger partial charge < -0.3 is 20.1 Å². The number of aliphatic carboxylic acids is 1. The van der Waals surface area contributed by atoms with Gasteiger partial charge in [-0.15, -0.1) is 0 Å². The standard InChI is InChI=1S/C19H19F4N5O4/c20-12-7-11(26-14(8-17(29)30)19(21,22)23)3-4-13(12)32-16-9-15(24-10-25-16)27-18(31)28-5-1-2-6-28/h3-4,7,9-10,14,26H,1-2,5-6,8H2,(H,29,30)(H,24,25,27,31). The molecule has 2 aromatic rings. The average Bonchev–Trinajstić information content (AvgIpc) is 3.24. The van der Waals surface area contributed by atoms with Crippen LogP contribution in [0.25, 0.3) is 0 Å². The second-order valence-corrected chi connectivity index (χ2v) is 6.95. The predicted molar refractivity (Wildman–Crippen MR) is 104 cm³/mol. The van der Waals surface area contributed by atoms with Crippen molar-refractivity contribution in [3.63, 3.8) is 0 Å². The molecule has 2 heterocycles. The molecule has 1 saturated heterocycles. The molecule has 2 amide bonds. The predicted octanol–water partition coefficient (Wildman–Crippen LogP) is 3.85. The largest absolute Gasteiger partial charge is 0.481 e. The summed E-state index contributed by atoms with van der Waals surface area (Å²) < 4.78 is 58.6. The van der Waals surface area contributed by atoms with Crippen molar-refractivity contribution in [2.45, 2.75) is 31.5 Å². The Labute approximate surface area is 179 Å². The number of hydrogen-bond donors (Lipinski definition) is 3. The summed E-state index contributed by atoms with van der Waals surface area (Å²) in [4.78, 5) is 32.1. The first-order chi connectivity index (χ1) is 15.1. The van der Waals surface area contributed by atoms with E-state index in [2.05, 4.69) is 15.3 Å². The summed E-state index contributed by atoms with van der Waals surface area (Å²) in [6.07, 6.45) is -3.15. The number of amides is 2. The molecule has 0 spiro atoms. The molecule has 32 heavy (non-hydrogen) atoms. The SMILES string of the molecule is O=C(O)CC(Nc1ccc(Oc2cc(NC(=O)N3CCCC3)ncn2)c(F)c1)C(F)(F)F. The van der Waals surface area contributed by atoms with E-state index in [1.807, 2.05) is 5.32 Å². The minimum atomic E-state index is -4.85. The van der Waals surface area contributed by atoms with Gasteiger partial charge in [-0.2, -0.15) is 13.2 Å². The van der Waals surface area contributed by atoms with Gasteiger partial charge in [0.25, 0.3) is 0 Å². The minimum Gasteiger partial charge on any atom is -0.481 e. The lowest BCUT2D eigenvalue weighted by Crippen LogP contribution is -2.38. The molecule has 1 fully saturated rings. The van der Waals surface area contributed by atoms with Crippen molar-refractivity contribution in [3.05, 3.63) is 36.4 Å². The van der Waals surface area contributed by atoms with Crippen molar-refractivity contribution in [3.8, 4) is 11.6 Å². The molecular weight excluding hydrogens is 438 g/mol. The molecule has 0 saturated carbocycles. The Kier molecular flexibility index (Phi) is 6.95. The van der Waals surface area contributed by atoms with Crippen LogP contribution < -0.4 is 15.4 Å². The van der Waals surface area contributed by atoms with E-state index in [9.17, 15) is 27.2 Å². The van der Waals surface area contributed by atoms with Crippen LogP contribution >= 0.6 is 0 Å². The molecule has 1 aromatic heterocycles. The first kappa shape index (κ1) is 23.0. The number of carboxylic acid groups (broad SMARTS) is 1. The van der Waals surface area contributed by atoms with Crippen LogP contribution in [0.4, 0.5) is 33.9 Å². The molecule has 3 N–H and O–H groups in total. The Morgan fingerprint density at radius 2 is 1.91 bits per heavy atom. The fourth-order valence-electron chi connectivity index (χ4n) is 2.98. The summed E-state index contributed by atoms with van der Waals surface area (Å²) in [6, 6.07) is 1.45. The zero-order valence-electron chi connectivity index (χ0n) is 16.5. The first-order valence-electron chi connectivity index (χ1n) is 9.52. The fraction of sp³-hybridized carbons (Fsp3) is 0.368. The maximum absolute atomic E-state index is 14.4. The van der Waals surface area contributed by atoms with E-state index in [0.717, 1.165) is 37.4 Å². The van der Waals surface area contributed by atoms with Gasteiger partial charge in [0.2, 0.25) is 5.88 Å². The third-order valence-electron chi connectivity index (χ3n) is 4.53. The lowest BCUT2D eigenvalue weighted by atomic mass is 10.2. The van der Waals surface area contributed by atoms with Gasteiger partial charge in [0.15, 0.2) is 11.6 Å². The van der Waals surface area contributed by atoms with Crippen molar-refractivity contribution in [2.75, 3.05) is 23.7 Å². The Bertz CT molecular complexity index is 982. The summed E-state index contributed by atoms with van der Waals surface area (Å²) in [5.74, 6) is -2.97. The molecule has 13 heteroatoms. The zero-order chi connectivity index (χ0) is 23.3. The molecule has 1 unspecified atom stereocenters. The van der Waals surface area contributed by atoms with Crippen LogP contribution in [0, 0.1) is 5.82 Å². The van der Waals surface area contributed by atoms with E-state index in [1.165, 1.54) is 6.07 Å². The van der Waals surface area contributed by atoms with Gasteiger partial charge in [0.05, 0.1) is 6.42 Å². The first-order valence-corrected chi connectivity index (χ1v) is 9.52. The van der Waals surface area contributed by atoms with Gasteiger partial charge >= 0.3 is 18.2 Å². The average molecular weight is 457 g/mol. The lowest BCUT2D eigenvalue weighted by molar-refractivity contribution is -0.157. The number of aromatic nitrogens is 2. The highest BCUT2D eigenvalue weighted by Gasteiger charge is 2.41. The highest BCUT2D eigenvalue weighted by molar-refractivity contribution is 5.88. The van der Waals surface area contributed by atoms with E-state index in [-0.39, 0.29) is 29.2 Å². The Balaban J connectivity index is 1.68. The number of carbonyl (C=O) groups excluding carboxylic acids is 1. The van der Waals surface area contributed by atoms with Crippen LogP contribution in [-0.4, -0.2) is 57.3 Å². The zero-order valence-corrected chi connectivity index (χ0v) is 16.5. The molecule has 1 aliphatic heterocycles. The molecule has 1 aromatic carbocycles. The van der Waals surface area contributed by atoms with E-state index in [4.69, 9.17) is 9.84 Å².